The molecule has 0 unspecified atom stereocenters. The van der Waals surface area contributed by atoms with Gasteiger partial charge < -0.3 is 0 Å². The zero-order valence-electron chi connectivity index (χ0n) is 12.3. The normalized spacial score (nSPS) is 10.2. The van der Waals surface area contributed by atoms with Gasteiger partial charge in [0.2, 0.25) is 0 Å². The van der Waals surface area contributed by atoms with E-state index in [-0.39, 0.29) is 0 Å². The van der Waals surface area contributed by atoms with Crippen LogP contribution in [-0.4, -0.2) is 0 Å². The van der Waals surface area contributed by atoms with Crippen molar-refractivity contribution in [1.82, 2.24) is 0 Å². The Hall–Kier alpha value is -2.47. The highest BCUT2D eigenvalue weighted by atomic mass is 19.1. The first-order valence-electron chi connectivity index (χ1n) is 7.20. The molecular weight excluding hydrogens is 280 g/mol. The smallest absolute Gasteiger partial charge is 0.144 e. The molecule has 2 aromatic carbocycles. The summed E-state index contributed by atoms with van der Waals surface area (Å²) in [7, 11) is 0. The van der Waals surface area contributed by atoms with Gasteiger partial charge in [0.15, 0.2) is 0 Å². The molecule has 0 atom stereocenters. The molecule has 0 aliphatic rings. The van der Waals surface area contributed by atoms with Gasteiger partial charge in [-0.2, -0.15) is 5.26 Å². The molecular formula is C19H17F2N. The molecule has 0 aliphatic heterocycles. The second kappa shape index (κ2) is 7.51. The maximum atomic E-state index is 13.5. The lowest BCUT2D eigenvalue weighted by Gasteiger charge is -2.06. The Morgan fingerprint density at radius 1 is 0.909 bits per heavy atom. The van der Waals surface area contributed by atoms with Crippen molar-refractivity contribution in [3.8, 4) is 6.07 Å². The van der Waals surface area contributed by atoms with Gasteiger partial charge in [0.05, 0.1) is 0 Å². The van der Waals surface area contributed by atoms with E-state index in [1.807, 2.05) is 18.2 Å². The molecule has 0 heterocycles. The maximum Gasteiger partial charge on any atom is 0.144 e. The van der Waals surface area contributed by atoms with Crippen LogP contribution in [0.25, 0.3) is 0 Å². The quantitative estimate of drug-likeness (QED) is 0.706. The van der Waals surface area contributed by atoms with Gasteiger partial charge in [-0.05, 0) is 54.5 Å². The van der Waals surface area contributed by atoms with Crippen LogP contribution >= 0.6 is 0 Å². The Balaban J connectivity index is 2.01. The van der Waals surface area contributed by atoms with E-state index >= 15 is 0 Å². The second-order valence-electron chi connectivity index (χ2n) is 5.19. The van der Waals surface area contributed by atoms with E-state index in [1.54, 1.807) is 0 Å². The zero-order valence-corrected chi connectivity index (χ0v) is 12.3. The van der Waals surface area contributed by atoms with E-state index in [4.69, 9.17) is 5.26 Å². The van der Waals surface area contributed by atoms with E-state index in [1.165, 1.54) is 23.8 Å². The number of allylic oxidation sites excluding steroid dienone is 1. The fourth-order valence-corrected chi connectivity index (χ4v) is 2.31. The predicted octanol–water partition coefficient (Wildman–Crippen LogP) is 4.74. The molecule has 0 bridgehead atoms. The van der Waals surface area contributed by atoms with Crippen molar-refractivity contribution >= 4 is 0 Å². The van der Waals surface area contributed by atoms with Crippen molar-refractivity contribution in [3.05, 3.63) is 82.9 Å². The van der Waals surface area contributed by atoms with Gasteiger partial charge >= 0.3 is 0 Å². The van der Waals surface area contributed by atoms with Gasteiger partial charge in [0.25, 0.3) is 0 Å². The van der Waals surface area contributed by atoms with Gasteiger partial charge in [-0.1, -0.05) is 30.3 Å². The first-order chi connectivity index (χ1) is 10.6. The summed E-state index contributed by atoms with van der Waals surface area (Å²) in [6, 6.07) is 12.2. The number of benzene rings is 2. The minimum Gasteiger partial charge on any atom is -0.205 e. The maximum absolute atomic E-state index is 13.5. The fourth-order valence-electron chi connectivity index (χ4n) is 2.31. The Morgan fingerprint density at radius 2 is 1.41 bits per heavy atom. The molecule has 0 saturated heterocycles. The van der Waals surface area contributed by atoms with E-state index in [2.05, 4.69) is 18.7 Å². The predicted molar refractivity (Wildman–Crippen MR) is 83.4 cm³/mol. The molecule has 0 spiro atoms. The third-order valence-electron chi connectivity index (χ3n) is 3.58. The van der Waals surface area contributed by atoms with Crippen LogP contribution in [-0.2, 0) is 19.3 Å². The van der Waals surface area contributed by atoms with Crippen molar-refractivity contribution in [3.63, 3.8) is 0 Å². The first kappa shape index (κ1) is 15.9. The lowest BCUT2D eigenvalue weighted by Crippen LogP contribution is -1.97. The Labute approximate surface area is 129 Å². The molecule has 22 heavy (non-hydrogen) atoms. The third kappa shape index (κ3) is 4.02. The molecule has 0 saturated carbocycles. The number of hydrogen-bond donors (Lipinski definition) is 0. The highest BCUT2D eigenvalue weighted by Gasteiger charge is 2.10. The average Bonchev–Trinajstić information content (AvgIpc) is 2.51. The number of aryl methyl sites for hydroxylation is 3. The minimum atomic E-state index is -0.794. The van der Waals surface area contributed by atoms with Gasteiger partial charge in [-0.3, -0.25) is 0 Å². The van der Waals surface area contributed by atoms with Gasteiger partial charge in [-0.15, -0.1) is 6.58 Å². The number of nitrogens with zero attached hydrogens (tertiary/aromatic N) is 1. The molecule has 0 N–H and O–H groups in total. The second-order valence-corrected chi connectivity index (χ2v) is 5.19. The lowest BCUT2D eigenvalue weighted by molar-refractivity contribution is 0.573. The molecule has 1 nitrogen and oxygen atoms in total. The molecule has 112 valence electrons. The average molecular weight is 297 g/mol. The highest BCUT2D eigenvalue weighted by molar-refractivity contribution is 5.35. The number of hydrogen-bond acceptors (Lipinski definition) is 1. The Kier molecular flexibility index (Phi) is 5.43. The number of nitriles is 1. The molecule has 0 radical (unpaired) electrons. The van der Waals surface area contributed by atoms with Crippen LogP contribution in [0.3, 0.4) is 0 Å². The standard InChI is InChI=1S/C19H17F2N/c1-2-3-4-14-5-7-15(8-6-14)9-10-16-11-18(20)17(13-22)19(21)12-16/h2,5-8,11-12H,1,3-4,9-10H2. The first-order valence-corrected chi connectivity index (χ1v) is 7.20. The summed E-state index contributed by atoms with van der Waals surface area (Å²) >= 11 is 0. The van der Waals surface area contributed by atoms with E-state index in [9.17, 15) is 8.78 Å². The third-order valence-corrected chi connectivity index (χ3v) is 3.58. The monoisotopic (exact) mass is 297 g/mol. The highest BCUT2D eigenvalue weighted by Crippen LogP contribution is 2.17. The van der Waals surface area contributed by atoms with Crippen LogP contribution in [0.2, 0.25) is 0 Å². The van der Waals surface area contributed by atoms with E-state index in [0.29, 0.717) is 18.4 Å². The summed E-state index contributed by atoms with van der Waals surface area (Å²) in [4.78, 5) is 0. The van der Waals surface area contributed by atoms with Gasteiger partial charge in [0, 0.05) is 0 Å². The number of rotatable bonds is 6. The van der Waals surface area contributed by atoms with Gasteiger partial charge in [-0.25, -0.2) is 8.78 Å². The summed E-state index contributed by atoms with van der Waals surface area (Å²) in [5.74, 6) is -1.59. The van der Waals surface area contributed by atoms with Crippen molar-refractivity contribution in [2.45, 2.75) is 25.7 Å². The fraction of sp³-hybridized carbons (Fsp3) is 0.211. The topological polar surface area (TPSA) is 23.8 Å². The van der Waals surface area contributed by atoms with Crippen LogP contribution in [0, 0.1) is 23.0 Å². The molecule has 0 aliphatic carbocycles. The van der Waals surface area contributed by atoms with Gasteiger partial charge in [0.1, 0.15) is 23.3 Å². The summed E-state index contributed by atoms with van der Waals surface area (Å²) in [5.41, 5.74) is 2.41. The van der Waals surface area contributed by atoms with Crippen LogP contribution in [0.5, 0.6) is 0 Å². The SMILES string of the molecule is C=CCCc1ccc(CCc2cc(F)c(C#N)c(F)c2)cc1. The van der Waals surface area contributed by atoms with E-state index in [0.717, 1.165) is 18.4 Å². The van der Waals surface area contributed by atoms with Crippen molar-refractivity contribution in [2.24, 2.45) is 0 Å². The van der Waals surface area contributed by atoms with E-state index < -0.39 is 17.2 Å². The molecule has 0 aromatic heterocycles. The molecule has 2 rings (SSSR count). The van der Waals surface area contributed by atoms with Crippen LogP contribution < -0.4 is 0 Å². The summed E-state index contributed by atoms with van der Waals surface area (Å²) < 4.78 is 27.1. The summed E-state index contributed by atoms with van der Waals surface area (Å²) in [6.45, 7) is 3.70. The molecule has 0 fully saturated rings. The number of halogens is 2. The van der Waals surface area contributed by atoms with Crippen LogP contribution in [0.15, 0.2) is 49.1 Å². The summed E-state index contributed by atoms with van der Waals surface area (Å²) in [6.07, 6.45) is 5.04. The Morgan fingerprint density at radius 3 is 1.91 bits per heavy atom. The Bertz CT molecular complexity index is 673. The molecule has 2 aromatic rings. The summed E-state index contributed by atoms with van der Waals surface area (Å²) in [5, 5.41) is 8.65. The largest absolute Gasteiger partial charge is 0.205 e. The van der Waals surface area contributed by atoms with Crippen LogP contribution in [0.4, 0.5) is 8.78 Å². The minimum absolute atomic E-state index is 0.518. The van der Waals surface area contributed by atoms with Crippen molar-refractivity contribution < 1.29 is 8.78 Å². The zero-order chi connectivity index (χ0) is 15.9. The molecule has 0 amide bonds. The van der Waals surface area contributed by atoms with Crippen molar-refractivity contribution in [1.29, 1.82) is 5.26 Å². The molecule has 3 heteroatoms. The van der Waals surface area contributed by atoms with Crippen LogP contribution in [0.1, 0.15) is 28.7 Å². The lowest BCUT2D eigenvalue weighted by atomic mass is 10.0. The van der Waals surface area contributed by atoms with Crippen molar-refractivity contribution in [2.75, 3.05) is 0 Å².